The molecular formula is C25H21N7O. The fourth-order valence-corrected chi connectivity index (χ4v) is 4.19. The zero-order valence-electron chi connectivity index (χ0n) is 18.2. The van der Waals surface area contributed by atoms with Crippen LogP contribution >= 0.6 is 0 Å². The van der Waals surface area contributed by atoms with Crippen molar-refractivity contribution in [2.24, 2.45) is 0 Å². The molecule has 0 radical (unpaired) electrons. The first-order valence-corrected chi connectivity index (χ1v) is 10.6. The lowest BCUT2D eigenvalue weighted by atomic mass is 10.0. The van der Waals surface area contributed by atoms with Crippen LogP contribution in [0.1, 0.15) is 5.56 Å². The van der Waals surface area contributed by atoms with Crippen molar-refractivity contribution >= 4 is 22.1 Å². The van der Waals surface area contributed by atoms with E-state index in [1.807, 2.05) is 44.8 Å². The third-order valence-corrected chi connectivity index (χ3v) is 5.66. The van der Waals surface area contributed by atoms with Gasteiger partial charge in [-0.1, -0.05) is 0 Å². The molecule has 0 aliphatic rings. The topological polar surface area (TPSA) is 99.5 Å². The Balaban J connectivity index is 1.45. The van der Waals surface area contributed by atoms with Gasteiger partial charge in [-0.2, -0.15) is 5.10 Å². The van der Waals surface area contributed by atoms with Crippen molar-refractivity contribution in [2.45, 2.75) is 6.54 Å². The standard InChI is InChI=1S/C25H21N7O/c1-32(2)13-15-7-17(11-26-10-15)18-8-21-23(30-31-25(21)28-12-18)22-9-20-19(16-4-6-33-14-16)3-5-27-24(20)29-22/h3-12,14H,13H2,1-2H3,(H,27,29)(H,28,30,31). The van der Waals surface area contributed by atoms with Gasteiger partial charge in [0.15, 0.2) is 5.65 Å². The van der Waals surface area contributed by atoms with Gasteiger partial charge in [-0.25, -0.2) is 9.97 Å². The van der Waals surface area contributed by atoms with Crippen LogP contribution in [0.25, 0.3) is 55.7 Å². The number of rotatable bonds is 5. The first-order valence-electron chi connectivity index (χ1n) is 10.6. The number of nitrogens with zero attached hydrogens (tertiary/aromatic N) is 5. The van der Waals surface area contributed by atoms with E-state index in [4.69, 9.17) is 4.42 Å². The van der Waals surface area contributed by atoms with Crippen molar-refractivity contribution in [3.63, 3.8) is 0 Å². The maximum Gasteiger partial charge on any atom is 0.155 e. The quantitative estimate of drug-likeness (QED) is 0.400. The normalized spacial score (nSPS) is 11.7. The summed E-state index contributed by atoms with van der Waals surface area (Å²) in [5, 5.41) is 9.55. The van der Waals surface area contributed by atoms with E-state index in [1.165, 1.54) is 0 Å². The predicted octanol–water partition coefficient (Wildman–Crippen LogP) is 4.88. The van der Waals surface area contributed by atoms with Gasteiger partial charge in [0.05, 0.1) is 18.2 Å². The Bertz CT molecular complexity index is 1580. The van der Waals surface area contributed by atoms with Crippen LogP contribution < -0.4 is 0 Å². The molecule has 0 saturated carbocycles. The van der Waals surface area contributed by atoms with Crippen LogP contribution in [0.2, 0.25) is 0 Å². The van der Waals surface area contributed by atoms with Gasteiger partial charge in [-0.3, -0.25) is 10.1 Å². The molecule has 0 atom stereocenters. The van der Waals surface area contributed by atoms with E-state index in [-0.39, 0.29) is 0 Å². The molecule has 162 valence electrons. The average molecular weight is 435 g/mol. The molecule has 33 heavy (non-hydrogen) atoms. The van der Waals surface area contributed by atoms with E-state index in [0.717, 1.165) is 67.8 Å². The molecule has 0 spiro atoms. The lowest BCUT2D eigenvalue weighted by molar-refractivity contribution is 0.402. The number of furan rings is 1. The zero-order valence-corrected chi connectivity index (χ0v) is 18.2. The van der Waals surface area contributed by atoms with E-state index in [0.29, 0.717) is 0 Å². The highest BCUT2D eigenvalue weighted by Crippen LogP contribution is 2.34. The number of H-pyrrole nitrogens is 2. The van der Waals surface area contributed by atoms with E-state index >= 15 is 0 Å². The van der Waals surface area contributed by atoms with E-state index in [1.54, 1.807) is 18.7 Å². The summed E-state index contributed by atoms with van der Waals surface area (Å²) in [4.78, 5) is 19.1. The molecule has 0 saturated heterocycles. The summed E-state index contributed by atoms with van der Waals surface area (Å²) >= 11 is 0. The van der Waals surface area contributed by atoms with Crippen LogP contribution in [-0.4, -0.2) is 49.1 Å². The maximum atomic E-state index is 5.28. The number of aromatic nitrogens is 6. The largest absolute Gasteiger partial charge is 0.472 e. The summed E-state index contributed by atoms with van der Waals surface area (Å²) in [5.74, 6) is 0. The number of hydrogen-bond acceptors (Lipinski definition) is 6. The molecule has 2 N–H and O–H groups in total. The van der Waals surface area contributed by atoms with Crippen LogP contribution in [0.4, 0.5) is 0 Å². The molecule has 0 amide bonds. The van der Waals surface area contributed by atoms with Crippen molar-refractivity contribution in [3.05, 3.63) is 73.2 Å². The summed E-state index contributed by atoms with van der Waals surface area (Å²) in [7, 11) is 4.09. The molecule has 0 aromatic carbocycles. The van der Waals surface area contributed by atoms with Crippen LogP contribution in [0.5, 0.6) is 0 Å². The minimum absolute atomic E-state index is 0.729. The summed E-state index contributed by atoms with van der Waals surface area (Å²) in [6.45, 7) is 0.828. The summed E-state index contributed by atoms with van der Waals surface area (Å²) in [6.07, 6.45) is 10.8. The molecule has 0 bridgehead atoms. The summed E-state index contributed by atoms with van der Waals surface area (Å²) in [6, 6.07) is 10.3. The van der Waals surface area contributed by atoms with Gasteiger partial charge >= 0.3 is 0 Å². The second-order valence-electron chi connectivity index (χ2n) is 8.33. The van der Waals surface area contributed by atoms with Crippen molar-refractivity contribution in [1.82, 2.24) is 35.0 Å². The van der Waals surface area contributed by atoms with Crippen molar-refractivity contribution in [3.8, 4) is 33.6 Å². The van der Waals surface area contributed by atoms with Crippen molar-refractivity contribution in [2.75, 3.05) is 14.1 Å². The lowest BCUT2D eigenvalue weighted by Gasteiger charge is -2.10. The van der Waals surface area contributed by atoms with Gasteiger partial charge in [0.1, 0.15) is 11.3 Å². The Morgan fingerprint density at radius 1 is 0.909 bits per heavy atom. The molecule has 8 nitrogen and oxygen atoms in total. The number of nitrogens with one attached hydrogen (secondary N) is 2. The molecule has 0 unspecified atom stereocenters. The highest BCUT2D eigenvalue weighted by Gasteiger charge is 2.16. The first kappa shape index (κ1) is 19.4. The lowest BCUT2D eigenvalue weighted by Crippen LogP contribution is -2.10. The Hall–Kier alpha value is -4.30. The molecule has 0 fully saturated rings. The third kappa shape index (κ3) is 3.46. The van der Waals surface area contributed by atoms with Gasteiger partial charge in [-0.05, 0) is 55.6 Å². The van der Waals surface area contributed by atoms with Crippen LogP contribution in [0.3, 0.4) is 0 Å². The summed E-state index contributed by atoms with van der Waals surface area (Å²) in [5.41, 5.74) is 8.43. The van der Waals surface area contributed by atoms with Crippen LogP contribution in [-0.2, 0) is 6.54 Å². The minimum atomic E-state index is 0.729. The SMILES string of the molecule is CN(C)Cc1cncc(-c2cnc3[nH]nc(-c4cc5c(-c6ccoc6)ccnc5[nH]4)c3c2)c1. The third-order valence-electron chi connectivity index (χ3n) is 5.66. The molecule has 6 heterocycles. The molecule has 6 aromatic heterocycles. The molecule has 6 aromatic rings. The Labute approximate surface area is 189 Å². The van der Waals surface area contributed by atoms with Crippen molar-refractivity contribution in [1.29, 1.82) is 0 Å². The average Bonchev–Trinajstić information content (AvgIpc) is 3.57. The van der Waals surface area contributed by atoms with Gasteiger partial charge in [-0.15, -0.1) is 0 Å². The Kier molecular flexibility index (Phi) is 4.51. The number of hydrogen-bond donors (Lipinski definition) is 2. The van der Waals surface area contributed by atoms with Gasteiger partial charge in [0.2, 0.25) is 0 Å². The fourth-order valence-electron chi connectivity index (χ4n) is 4.19. The molecule has 0 aliphatic carbocycles. The molecule has 0 aliphatic heterocycles. The zero-order chi connectivity index (χ0) is 22.4. The van der Waals surface area contributed by atoms with E-state index < -0.39 is 0 Å². The number of pyridine rings is 3. The monoisotopic (exact) mass is 435 g/mol. The molecule has 6 rings (SSSR count). The molecule has 8 heteroatoms. The first-order chi connectivity index (χ1) is 16.2. The predicted molar refractivity (Wildman–Crippen MR) is 127 cm³/mol. The van der Waals surface area contributed by atoms with E-state index in [2.05, 4.69) is 53.2 Å². The second kappa shape index (κ2) is 7.68. The Morgan fingerprint density at radius 2 is 1.82 bits per heavy atom. The maximum absolute atomic E-state index is 5.28. The minimum Gasteiger partial charge on any atom is -0.472 e. The molecular weight excluding hydrogens is 414 g/mol. The van der Waals surface area contributed by atoms with Crippen LogP contribution in [0, 0.1) is 0 Å². The van der Waals surface area contributed by atoms with Crippen molar-refractivity contribution < 1.29 is 4.42 Å². The Morgan fingerprint density at radius 3 is 2.67 bits per heavy atom. The highest BCUT2D eigenvalue weighted by atomic mass is 16.3. The van der Waals surface area contributed by atoms with Gasteiger partial charge < -0.3 is 14.3 Å². The number of aromatic amines is 2. The van der Waals surface area contributed by atoms with Gasteiger partial charge in [0.25, 0.3) is 0 Å². The van der Waals surface area contributed by atoms with Crippen LogP contribution in [0.15, 0.2) is 72.1 Å². The number of fused-ring (bicyclic) bond motifs is 2. The highest BCUT2D eigenvalue weighted by molar-refractivity contribution is 5.99. The van der Waals surface area contributed by atoms with Gasteiger partial charge in [0, 0.05) is 58.8 Å². The summed E-state index contributed by atoms with van der Waals surface area (Å²) < 4.78 is 5.28. The smallest absolute Gasteiger partial charge is 0.155 e. The second-order valence-corrected chi connectivity index (χ2v) is 8.33. The fraction of sp³-hybridized carbons (Fsp3) is 0.120. The van der Waals surface area contributed by atoms with E-state index in [9.17, 15) is 0 Å².